The van der Waals surface area contributed by atoms with E-state index in [-0.39, 0.29) is 36.2 Å². The van der Waals surface area contributed by atoms with Crippen molar-refractivity contribution in [2.24, 2.45) is 5.92 Å². The largest absolute Gasteiger partial charge is 0.456 e. The van der Waals surface area contributed by atoms with Crippen LogP contribution >= 0.6 is 0 Å². The Balaban J connectivity index is 1.45. The van der Waals surface area contributed by atoms with Crippen LogP contribution in [-0.2, 0) is 35.8 Å². The lowest BCUT2D eigenvalue weighted by Crippen LogP contribution is -2.32. The lowest BCUT2D eigenvalue weighted by Gasteiger charge is -2.28. The van der Waals surface area contributed by atoms with Crippen molar-refractivity contribution in [1.82, 2.24) is 19.3 Å². The molecule has 1 aliphatic rings. The monoisotopic (exact) mass is 571 g/mol. The molecule has 1 aliphatic heterocycles. The van der Waals surface area contributed by atoms with Crippen LogP contribution in [-0.4, -0.2) is 34.3 Å². The van der Waals surface area contributed by atoms with Crippen LogP contribution in [0.25, 0.3) is 0 Å². The molecule has 0 fully saturated rings. The molecule has 4 aromatic rings. The second-order valence-corrected chi connectivity index (χ2v) is 11.9. The maximum Gasteiger partial charge on any atom is 0.416 e. The molecule has 0 saturated heterocycles. The summed E-state index contributed by atoms with van der Waals surface area (Å²) in [7, 11) is -4.07. The van der Waals surface area contributed by atoms with Gasteiger partial charge in [0, 0.05) is 18.7 Å². The van der Waals surface area contributed by atoms with E-state index >= 15 is 0 Å². The lowest BCUT2D eigenvalue weighted by molar-refractivity contribution is -0.137. The fourth-order valence-corrected chi connectivity index (χ4v) is 6.02. The van der Waals surface area contributed by atoms with Gasteiger partial charge in [0.1, 0.15) is 16.4 Å². The molecule has 0 unspecified atom stereocenters. The molecular weight excluding hydrogens is 543 g/mol. The van der Waals surface area contributed by atoms with Crippen molar-refractivity contribution in [1.29, 1.82) is 0 Å². The van der Waals surface area contributed by atoms with Gasteiger partial charge in [0.15, 0.2) is 0 Å². The number of alkyl halides is 3. The summed E-state index contributed by atoms with van der Waals surface area (Å²) in [5.74, 6) is 1.05. The van der Waals surface area contributed by atoms with E-state index in [4.69, 9.17) is 4.74 Å². The van der Waals surface area contributed by atoms with Crippen LogP contribution < -0.4 is 10.1 Å². The van der Waals surface area contributed by atoms with E-state index < -0.39 is 21.8 Å². The summed E-state index contributed by atoms with van der Waals surface area (Å²) in [4.78, 5) is 0.0438. The maximum atomic E-state index is 14.1. The second kappa shape index (κ2) is 10.9. The number of anilines is 1. The summed E-state index contributed by atoms with van der Waals surface area (Å²) in [6.45, 7) is 4.79. The highest BCUT2D eigenvalue weighted by molar-refractivity contribution is 7.89. The Kier molecular flexibility index (Phi) is 7.56. The highest BCUT2D eigenvalue weighted by Crippen LogP contribution is 2.41. The van der Waals surface area contributed by atoms with E-state index in [1.54, 1.807) is 30.5 Å². The smallest absolute Gasteiger partial charge is 0.416 e. The van der Waals surface area contributed by atoms with E-state index in [9.17, 15) is 21.6 Å². The SMILES string of the molecule is CC(C)CNc1cccc2c1S(=O)(=O)N(Cc1cn(Cc3ccc(C(F)(F)F)cc3)nn1)Cc1ccccc1O2. The van der Waals surface area contributed by atoms with Gasteiger partial charge in [-0.15, -0.1) is 5.10 Å². The second-order valence-electron chi connectivity index (χ2n) is 9.99. The minimum Gasteiger partial charge on any atom is -0.456 e. The fraction of sp³-hybridized carbons (Fsp3) is 0.286. The van der Waals surface area contributed by atoms with Gasteiger partial charge < -0.3 is 10.1 Å². The quantitative estimate of drug-likeness (QED) is 0.297. The van der Waals surface area contributed by atoms with Crippen molar-refractivity contribution in [3.8, 4) is 11.5 Å². The number of nitrogens with one attached hydrogen (secondary N) is 1. The molecule has 0 aliphatic carbocycles. The van der Waals surface area contributed by atoms with Gasteiger partial charge in [-0.05, 0) is 41.8 Å². The van der Waals surface area contributed by atoms with Gasteiger partial charge in [0.05, 0.1) is 36.2 Å². The molecule has 1 aromatic heterocycles. The first-order chi connectivity index (χ1) is 19.0. The number of para-hydroxylation sites is 1. The first kappa shape index (κ1) is 27.7. The van der Waals surface area contributed by atoms with E-state index in [2.05, 4.69) is 15.6 Å². The maximum absolute atomic E-state index is 14.1. The number of sulfonamides is 1. The average Bonchev–Trinajstić information content (AvgIpc) is 3.34. The number of halogens is 3. The third kappa shape index (κ3) is 5.97. The number of benzene rings is 3. The highest BCUT2D eigenvalue weighted by Gasteiger charge is 2.34. The number of ether oxygens (including phenoxy) is 1. The molecule has 2 heterocycles. The summed E-state index contributed by atoms with van der Waals surface area (Å²) in [5, 5.41) is 11.5. The molecule has 5 rings (SSSR count). The van der Waals surface area contributed by atoms with Gasteiger partial charge in [-0.25, -0.2) is 13.1 Å². The number of rotatable bonds is 7. The predicted molar refractivity (Wildman–Crippen MR) is 143 cm³/mol. The van der Waals surface area contributed by atoms with Crippen molar-refractivity contribution in [3.63, 3.8) is 0 Å². The van der Waals surface area contributed by atoms with Crippen molar-refractivity contribution in [2.75, 3.05) is 11.9 Å². The zero-order valence-electron chi connectivity index (χ0n) is 21.9. The summed E-state index contributed by atoms with van der Waals surface area (Å²) >= 11 is 0. The molecule has 0 radical (unpaired) electrons. The molecule has 3 aromatic carbocycles. The van der Waals surface area contributed by atoms with E-state index in [1.807, 2.05) is 32.0 Å². The molecular formula is C28H28F3N5O3S. The molecule has 0 atom stereocenters. The standard InChI is InChI=1S/C28H28F3N5O3S/c1-19(2)14-32-24-7-5-9-26-27(24)40(37,38)36(16-21-6-3-4-8-25(21)39-26)18-23-17-35(34-33-23)15-20-10-12-22(13-11-20)28(29,30)31/h3-13,17,19,32H,14-16,18H2,1-2H3. The van der Waals surface area contributed by atoms with Gasteiger partial charge in [-0.3, -0.25) is 0 Å². The molecule has 210 valence electrons. The molecule has 8 nitrogen and oxygen atoms in total. The van der Waals surface area contributed by atoms with Crippen LogP contribution in [0.1, 0.15) is 36.2 Å². The Bertz CT molecular complexity index is 1600. The minimum atomic E-state index is -4.41. The van der Waals surface area contributed by atoms with Crippen LogP contribution in [0.3, 0.4) is 0 Å². The summed E-state index contributed by atoms with van der Waals surface area (Å²) < 4.78 is 75.8. The predicted octanol–water partition coefficient (Wildman–Crippen LogP) is 5.91. The van der Waals surface area contributed by atoms with Crippen LogP contribution in [0.2, 0.25) is 0 Å². The van der Waals surface area contributed by atoms with Gasteiger partial charge in [0.25, 0.3) is 0 Å². The highest BCUT2D eigenvalue weighted by atomic mass is 32.2. The Morgan fingerprint density at radius 2 is 1.70 bits per heavy atom. The third-order valence-corrected chi connectivity index (χ3v) is 8.24. The zero-order valence-corrected chi connectivity index (χ0v) is 22.7. The number of nitrogens with zero attached hydrogens (tertiary/aromatic N) is 4. The minimum absolute atomic E-state index is 0.0438. The lowest BCUT2D eigenvalue weighted by atomic mass is 10.1. The van der Waals surface area contributed by atoms with Gasteiger partial charge in [0.2, 0.25) is 10.0 Å². The summed E-state index contributed by atoms with van der Waals surface area (Å²) in [6, 6.07) is 17.1. The topological polar surface area (TPSA) is 89.4 Å². The normalized spacial score (nSPS) is 15.1. The first-order valence-corrected chi connectivity index (χ1v) is 14.1. The van der Waals surface area contributed by atoms with Gasteiger partial charge in [-0.2, -0.15) is 17.5 Å². The van der Waals surface area contributed by atoms with Crippen molar-refractivity contribution in [2.45, 2.75) is 44.6 Å². The first-order valence-electron chi connectivity index (χ1n) is 12.7. The molecule has 0 bridgehead atoms. The van der Waals surface area contributed by atoms with Gasteiger partial charge in [-0.1, -0.05) is 55.5 Å². The third-order valence-electron chi connectivity index (χ3n) is 6.37. The van der Waals surface area contributed by atoms with E-state index in [0.717, 1.165) is 12.1 Å². The molecule has 0 amide bonds. The molecule has 0 saturated carbocycles. The average molecular weight is 572 g/mol. The van der Waals surface area contributed by atoms with Crippen LogP contribution in [0, 0.1) is 5.92 Å². The summed E-state index contributed by atoms with van der Waals surface area (Å²) in [5.41, 5.74) is 1.40. The van der Waals surface area contributed by atoms with Crippen LogP contribution in [0.4, 0.5) is 18.9 Å². The Labute approximate surface area is 230 Å². The molecule has 40 heavy (non-hydrogen) atoms. The zero-order chi connectivity index (χ0) is 28.5. The summed E-state index contributed by atoms with van der Waals surface area (Å²) in [6.07, 6.45) is -2.82. The number of aromatic nitrogens is 3. The Morgan fingerprint density at radius 1 is 0.975 bits per heavy atom. The van der Waals surface area contributed by atoms with Crippen molar-refractivity contribution in [3.05, 3.63) is 95.3 Å². The van der Waals surface area contributed by atoms with Crippen LogP contribution in [0.5, 0.6) is 11.5 Å². The number of hydrogen-bond acceptors (Lipinski definition) is 6. The van der Waals surface area contributed by atoms with E-state index in [1.165, 1.54) is 21.1 Å². The Hall–Kier alpha value is -3.90. The molecule has 1 N–H and O–H groups in total. The molecule has 12 heteroatoms. The van der Waals surface area contributed by atoms with Crippen molar-refractivity contribution < 1.29 is 26.3 Å². The van der Waals surface area contributed by atoms with Crippen molar-refractivity contribution >= 4 is 15.7 Å². The Morgan fingerprint density at radius 3 is 2.42 bits per heavy atom. The van der Waals surface area contributed by atoms with E-state index in [0.29, 0.717) is 34.8 Å². The van der Waals surface area contributed by atoms with Gasteiger partial charge >= 0.3 is 6.18 Å². The molecule has 0 spiro atoms. The number of fused-ring (bicyclic) bond motifs is 2. The van der Waals surface area contributed by atoms with Crippen LogP contribution in [0.15, 0.2) is 77.8 Å². The fourth-order valence-electron chi connectivity index (χ4n) is 4.37. The number of hydrogen-bond donors (Lipinski definition) is 1.